The van der Waals surface area contributed by atoms with Gasteiger partial charge in [0.25, 0.3) is 0 Å². The Hall–Kier alpha value is -0.840. The third kappa shape index (κ3) is 4.56. The van der Waals surface area contributed by atoms with Crippen LogP contribution in [0.2, 0.25) is 0 Å². The van der Waals surface area contributed by atoms with Crippen molar-refractivity contribution in [3.63, 3.8) is 0 Å². The molecule has 120 valence electrons. The fraction of sp³-hybridized carbons (Fsp3) is 0.625. The van der Waals surface area contributed by atoms with Crippen LogP contribution in [0.5, 0.6) is 5.75 Å². The molecule has 2 atom stereocenters. The number of benzene rings is 1. The van der Waals surface area contributed by atoms with E-state index in [2.05, 4.69) is 24.1 Å². The fourth-order valence-electron chi connectivity index (χ4n) is 3.18. The molecule has 1 unspecified atom stereocenters. The quantitative estimate of drug-likeness (QED) is 0.874. The molecule has 0 amide bonds. The van der Waals surface area contributed by atoms with E-state index in [1.807, 2.05) is 6.07 Å². The van der Waals surface area contributed by atoms with Crippen LogP contribution in [0.3, 0.4) is 0 Å². The number of nitrogens with zero attached hydrogens (tertiary/aromatic N) is 1. The van der Waals surface area contributed by atoms with E-state index in [1.165, 1.54) is 12.1 Å². The van der Waals surface area contributed by atoms with E-state index < -0.39 is 5.82 Å². The normalized spacial score (nSPS) is 18.8. The number of phenolic OH excluding ortho intramolecular Hbond substituents is 1. The summed E-state index contributed by atoms with van der Waals surface area (Å²) in [6.45, 7) is 8.36. The summed E-state index contributed by atoms with van der Waals surface area (Å²) in [5.41, 5.74) is 0.975. The van der Waals surface area contributed by atoms with Gasteiger partial charge in [0.15, 0.2) is 11.6 Å². The summed E-state index contributed by atoms with van der Waals surface area (Å²) in [7, 11) is 0. The minimum absolute atomic E-state index is 0. The van der Waals surface area contributed by atoms with Crippen molar-refractivity contribution >= 4 is 12.4 Å². The Morgan fingerprint density at radius 1 is 1.33 bits per heavy atom. The fourth-order valence-corrected chi connectivity index (χ4v) is 3.18. The Bertz CT molecular complexity index is 438. The molecule has 1 aliphatic heterocycles. The molecule has 0 aromatic heterocycles. The molecule has 1 heterocycles. The van der Waals surface area contributed by atoms with Gasteiger partial charge < -0.3 is 10.4 Å². The average Bonchev–Trinajstić information content (AvgIpc) is 2.44. The van der Waals surface area contributed by atoms with Crippen molar-refractivity contribution < 1.29 is 9.50 Å². The molecule has 0 bridgehead atoms. The first-order valence-electron chi connectivity index (χ1n) is 7.56. The molecule has 1 aromatic rings. The maximum Gasteiger partial charge on any atom is 0.165 e. The lowest BCUT2D eigenvalue weighted by Crippen LogP contribution is -2.46. The summed E-state index contributed by atoms with van der Waals surface area (Å²) in [6, 6.07) is 5.05. The number of rotatable bonds is 5. The summed E-state index contributed by atoms with van der Waals surface area (Å²) in [4.78, 5) is 2.43. The van der Waals surface area contributed by atoms with Crippen LogP contribution >= 0.6 is 12.4 Å². The number of phenols is 1. The van der Waals surface area contributed by atoms with Gasteiger partial charge in [-0.3, -0.25) is 4.90 Å². The topological polar surface area (TPSA) is 35.5 Å². The SMILES string of the molecule is CCCC(C)[C@@H](c1ccc(O)c(F)c1)N1CCNCC1.Cl. The lowest BCUT2D eigenvalue weighted by Gasteiger charge is -2.38. The van der Waals surface area contributed by atoms with E-state index in [0.29, 0.717) is 5.92 Å². The number of aromatic hydroxyl groups is 1. The molecule has 1 saturated heterocycles. The van der Waals surface area contributed by atoms with Gasteiger partial charge in [-0.2, -0.15) is 0 Å². The van der Waals surface area contributed by atoms with Crippen LogP contribution in [-0.4, -0.2) is 36.2 Å². The van der Waals surface area contributed by atoms with Gasteiger partial charge in [0, 0.05) is 32.2 Å². The summed E-state index contributed by atoms with van der Waals surface area (Å²) in [6.07, 6.45) is 2.25. The summed E-state index contributed by atoms with van der Waals surface area (Å²) < 4.78 is 13.7. The first kappa shape index (κ1) is 18.2. The van der Waals surface area contributed by atoms with Gasteiger partial charge in [0.2, 0.25) is 0 Å². The van der Waals surface area contributed by atoms with E-state index in [9.17, 15) is 9.50 Å². The lowest BCUT2D eigenvalue weighted by molar-refractivity contribution is 0.125. The molecule has 0 saturated carbocycles. The standard InChI is InChI=1S/C16H25FN2O.ClH/c1-3-4-12(2)16(19-9-7-18-8-10-19)13-5-6-15(20)14(17)11-13;/h5-6,11-12,16,18,20H,3-4,7-10H2,1-2H3;1H/t12?,16-;/m0./s1. The van der Waals surface area contributed by atoms with Gasteiger partial charge >= 0.3 is 0 Å². The van der Waals surface area contributed by atoms with Crippen molar-refractivity contribution in [1.82, 2.24) is 10.2 Å². The third-order valence-corrected chi connectivity index (χ3v) is 4.14. The van der Waals surface area contributed by atoms with Gasteiger partial charge in [-0.15, -0.1) is 12.4 Å². The first-order valence-corrected chi connectivity index (χ1v) is 7.56. The molecule has 0 aliphatic carbocycles. The van der Waals surface area contributed by atoms with Crippen molar-refractivity contribution in [2.45, 2.75) is 32.7 Å². The van der Waals surface area contributed by atoms with Gasteiger partial charge in [-0.25, -0.2) is 4.39 Å². The van der Waals surface area contributed by atoms with Crippen molar-refractivity contribution in [2.75, 3.05) is 26.2 Å². The smallest absolute Gasteiger partial charge is 0.165 e. The molecular formula is C16H26ClFN2O. The third-order valence-electron chi connectivity index (χ3n) is 4.14. The molecule has 1 fully saturated rings. The zero-order valence-corrected chi connectivity index (χ0v) is 13.6. The van der Waals surface area contributed by atoms with Crippen molar-refractivity contribution in [1.29, 1.82) is 0 Å². The van der Waals surface area contributed by atoms with E-state index in [4.69, 9.17) is 0 Å². The molecule has 1 aliphatic rings. The number of halogens is 2. The lowest BCUT2D eigenvalue weighted by atomic mass is 9.89. The first-order chi connectivity index (χ1) is 9.63. The van der Waals surface area contributed by atoms with E-state index in [-0.39, 0.29) is 24.2 Å². The van der Waals surface area contributed by atoms with Crippen LogP contribution < -0.4 is 5.32 Å². The Labute approximate surface area is 132 Å². The average molecular weight is 317 g/mol. The second-order valence-corrected chi connectivity index (χ2v) is 5.71. The second kappa shape index (κ2) is 8.57. The summed E-state index contributed by atoms with van der Waals surface area (Å²) in [5.74, 6) is -0.315. The summed E-state index contributed by atoms with van der Waals surface area (Å²) >= 11 is 0. The maximum atomic E-state index is 13.7. The Morgan fingerprint density at radius 2 is 2.00 bits per heavy atom. The highest BCUT2D eigenvalue weighted by Crippen LogP contribution is 2.33. The van der Waals surface area contributed by atoms with E-state index in [0.717, 1.165) is 44.6 Å². The number of piperazine rings is 1. The molecule has 0 radical (unpaired) electrons. The predicted molar refractivity (Wildman–Crippen MR) is 86.6 cm³/mol. The highest BCUT2D eigenvalue weighted by Gasteiger charge is 2.27. The van der Waals surface area contributed by atoms with Crippen molar-refractivity contribution in [2.24, 2.45) is 5.92 Å². The van der Waals surface area contributed by atoms with E-state index in [1.54, 1.807) is 0 Å². The Kier molecular flexibility index (Phi) is 7.43. The highest BCUT2D eigenvalue weighted by molar-refractivity contribution is 5.85. The van der Waals surface area contributed by atoms with Crippen LogP contribution in [0.25, 0.3) is 0 Å². The number of hydrogen-bond donors (Lipinski definition) is 2. The molecule has 21 heavy (non-hydrogen) atoms. The van der Waals surface area contributed by atoms with Crippen LogP contribution in [0.4, 0.5) is 4.39 Å². The van der Waals surface area contributed by atoms with Crippen LogP contribution in [0.1, 0.15) is 38.3 Å². The number of nitrogens with one attached hydrogen (secondary N) is 1. The molecule has 0 spiro atoms. The van der Waals surface area contributed by atoms with Gasteiger partial charge in [-0.05, 0) is 30.0 Å². The molecule has 5 heteroatoms. The molecule has 2 N–H and O–H groups in total. The minimum Gasteiger partial charge on any atom is -0.505 e. The molecule has 2 rings (SSSR count). The highest BCUT2D eigenvalue weighted by atomic mass is 35.5. The van der Waals surface area contributed by atoms with Crippen LogP contribution in [0.15, 0.2) is 18.2 Å². The molecule has 1 aromatic carbocycles. The second-order valence-electron chi connectivity index (χ2n) is 5.71. The van der Waals surface area contributed by atoms with E-state index >= 15 is 0 Å². The minimum atomic E-state index is -0.522. The van der Waals surface area contributed by atoms with Gasteiger partial charge in [0.1, 0.15) is 0 Å². The molecular weight excluding hydrogens is 291 g/mol. The van der Waals surface area contributed by atoms with Crippen LogP contribution in [-0.2, 0) is 0 Å². The summed E-state index contributed by atoms with van der Waals surface area (Å²) in [5, 5.41) is 12.7. The van der Waals surface area contributed by atoms with Crippen molar-refractivity contribution in [3.8, 4) is 5.75 Å². The monoisotopic (exact) mass is 316 g/mol. The largest absolute Gasteiger partial charge is 0.505 e. The maximum absolute atomic E-state index is 13.7. The zero-order valence-electron chi connectivity index (χ0n) is 12.8. The number of hydrogen-bond acceptors (Lipinski definition) is 3. The van der Waals surface area contributed by atoms with Crippen LogP contribution in [0, 0.1) is 11.7 Å². The molecule has 3 nitrogen and oxygen atoms in total. The Balaban J connectivity index is 0.00000220. The van der Waals surface area contributed by atoms with Gasteiger partial charge in [0.05, 0.1) is 0 Å². The van der Waals surface area contributed by atoms with Crippen molar-refractivity contribution in [3.05, 3.63) is 29.6 Å². The zero-order chi connectivity index (χ0) is 14.5. The Morgan fingerprint density at radius 3 is 2.57 bits per heavy atom. The van der Waals surface area contributed by atoms with Gasteiger partial charge in [-0.1, -0.05) is 26.3 Å². The predicted octanol–water partition coefficient (Wildman–Crippen LogP) is 3.34.